The van der Waals surface area contributed by atoms with E-state index in [0.717, 1.165) is 43.1 Å². The molecule has 1 aliphatic rings. The van der Waals surface area contributed by atoms with E-state index in [0.29, 0.717) is 27.2 Å². The zero-order valence-corrected chi connectivity index (χ0v) is 15.6. The van der Waals surface area contributed by atoms with E-state index >= 15 is 0 Å². The fourth-order valence-corrected chi connectivity index (χ4v) is 5.22. The van der Waals surface area contributed by atoms with Gasteiger partial charge >= 0.3 is 0 Å². The number of carbonyl (C=O) groups excluding carboxylic acids is 2. The predicted molar refractivity (Wildman–Crippen MR) is 118 cm³/mol. The van der Waals surface area contributed by atoms with Crippen LogP contribution in [-0.4, -0.2) is 16.8 Å². The van der Waals surface area contributed by atoms with E-state index in [9.17, 15) is 14.4 Å². The van der Waals surface area contributed by atoms with Gasteiger partial charge in [0.2, 0.25) is 0 Å². The fraction of sp³-hybridized carbons (Fsp3) is 0. The predicted octanol–water partition coefficient (Wildman–Crippen LogP) is 3.59. The van der Waals surface area contributed by atoms with Crippen LogP contribution in [-0.2, 0) is 0 Å². The van der Waals surface area contributed by atoms with Crippen LogP contribution >= 0.6 is 0 Å². The summed E-state index contributed by atoms with van der Waals surface area (Å²) in [5, 5.41) is 11.9. The van der Waals surface area contributed by atoms with E-state index in [1.165, 1.54) is 0 Å². The molecular weight excluding hydrogens is 376 g/mol. The van der Waals surface area contributed by atoms with E-state index in [1.807, 2.05) is 36.4 Å². The van der Waals surface area contributed by atoms with E-state index in [2.05, 4.69) is 16.9 Å². The molecule has 0 radical (unpaired) electrons. The molecule has 5 aromatic carbocycles. The molecule has 1 aliphatic heterocycles. The van der Waals surface area contributed by atoms with Crippen LogP contribution in [0.1, 0.15) is 20.7 Å². The molecule has 0 spiro atoms. The van der Waals surface area contributed by atoms with Gasteiger partial charge in [0, 0.05) is 38.0 Å². The van der Waals surface area contributed by atoms with Crippen LogP contribution in [0.5, 0.6) is 0 Å². The fourth-order valence-electron chi connectivity index (χ4n) is 5.22. The van der Waals surface area contributed by atoms with Gasteiger partial charge in [-0.05, 0) is 50.5 Å². The molecule has 2 N–H and O–H groups in total. The van der Waals surface area contributed by atoms with Crippen molar-refractivity contribution in [2.75, 3.05) is 0 Å². The summed E-state index contributed by atoms with van der Waals surface area (Å²) in [4.78, 5) is 40.4. The molecular formula is C25H12N2O3. The van der Waals surface area contributed by atoms with Crippen LogP contribution < -0.4 is 16.2 Å². The lowest BCUT2D eigenvalue weighted by molar-refractivity contribution is 0.0845. The maximum absolute atomic E-state index is 12.6. The Balaban J connectivity index is 1.88. The summed E-state index contributed by atoms with van der Waals surface area (Å²) < 4.78 is 0. The normalized spacial score (nSPS) is 14.0. The van der Waals surface area contributed by atoms with Gasteiger partial charge in [-0.3, -0.25) is 19.7 Å². The zero-order chi connectivity index (χ0) is 20.3. The molecule has 0 bridgehead atoms. The average Bonchev–Trinajstić information content (AvgIpc) is 2.74. The minimum absolute atomic E-state index is 0.158. The number of fused-ring (bicyclic) bond motifs is 2. The largest absolute Gasteiger partial charge is 0.322 e. The molecule has 2 heterocycles. The third-order valence-corrected chi connectivity index (χ3v) is 6.45. The topological polar surface area (TPSA) is 79.0 Å². The lowest BCUT2D eigenvalue weighted by Crippen LogP contribution is -2.34. The molecule has 5 nitrogen and oxygen atoms in total. The second kappa shape index (κ2) is 4.83. The van der Waals surface area contributed by atoms with Crippen LogP contribution in [0, 0.1) is 0 Å². The number of aromatic amines is 1. The zero-order valence-electron chi connectivity index (χ0n) is 15.6. The maximum Gasteiger partial charge on any atom is 0.258 e. The summed E-state index contributed by atoms with van der Waals surface area (Å²) in [5.74, 6) is -0.750. The van der Waals surface area contributed by atoms with Crippen LogP contribution in [0.3, 0.4) is 0 Å². The number of amides is 2. The van der Waals surface area contributed by atoms with Gasteiger partial charge in [0.1, 0.15) is 0 Å². The molecule has 30 heavy (non-hydrogen) atoms. The molecule has 5 heteroatoms. The number of aromatic nitrogens is 1. The highest BCUT2D eigenvalue weighted by atomic mass is 16.2. The van der Waals surface area contributed by atoms with Gasteiger partial charge in [0.25, 0.3) is 17.4 Å². The molecule has 2 amide bonds. The van der Waals surface area contributed by atoms with Crippen LogP contribution in [0.15, 0.2) is 53.3 Å². The quantitative estimate of drug-likeness (QED) is 0.237. The van der Waals surface area contributed by atoms with E-state index in [1.54, 1.807) is 12.1 Å². The van der Waals surface area contributed by atoms with Gasteiger partial charge in [-0.15, -0.1) is 0 Å². The highest BCUT2D eigenvalue weighted by Gasteiger charge is 2.27. The van der Waals surface area contributed by atoms with Gasteiger partial charge < -0.3 is 4.98 Å². The smallest absolute Gasteiger partial charge is 0.258 e. The average molecular weight is 388 g/mol. The standard InChI is InChI=1S/C25H12N2O3/c1-10-11-2-3-12-14-5-8-17-22-18(25(30)27-24(17)29)9-6-15(21(14)22)13-4-7-16(23(28)26-10)19(11)20(12)13/h2-9H,1H2,(H,26,28)(H,27,29,30). The molecule has 0 saturated carbocycles. The third kappa shape index (κ3) is 1.60. The molecule has 7 rings (SSSR count). The van der Waals surface area contributed by atoms with Crippen LogP contribution in [0.4, 0.5) is 0 Å². The number of nitrogens with one attached hydrogen (secondary N) is 2. The van der Waals surface area contributed by atoms with E-state index in [-0.39, 0.29) is 17.4 Å². The number of imide groups is 1. The van der Waals surface area contributed by atoms with Crippen LogP contribution in [0.25, 0.3) is 60.4 Å². The number of carbonyl (C=O) groups is 2. The number of hydrogen-bond acceptors (Lipinski definition) is 3. The molecule has 1 aromatic heterocycles. The Hall–Kier alpha value is -4.25. The van der Waals surface area contributed by atoms with Crippen molar-refractivity contribution in [3.63, 3.8) is 0 Å². The van der Waals surface area contributed by atoms with Gasteiger partial charge in [0.15, 0.2) is 0 Å². The Labute approximate surface area is 167 Å². The summed E-state index contributed by atoms with van der Waals surface area (Å²) in [5.41, 5.74) is 0.855. The Bertz CT molecular complexity index is 1770. The first kappa shape index (κ1) is 15.6. The Kier molecular flexibility index (Phi) is 2.52. The van der Waals surface area contributed by atoms with Gasteiger partial charge in [-0.2, -0.15) is 0 Å². The van der Waals surface area contributed by atoms with Gasteiger partial charge in [0.05, 0.1) is 0 Å². The van der Waals surface area contributed by atoms with Crippen molar-refractivity contribution in [2.45, 2.75) is 0 Å². The number of hydrogen-bond donors (Lipinski definition) is 2. The second-order valence-corrected chi connectivity index (χ2v) is 7.86. The van der Waals surface area contributed by atoms with Gasteiger partial charge in [-0.1, -0.05) is 36.9 Å². The second-order valence-electron chi connectivity index (χ2n) is 7.86. The van der Waals surface area contributed by atoms with Crippen molar-refractivity contribution >= 4 is 72.3 Å². The summed E-state index contributed by atoms with van der Waals surface area (Å²) in [7, 11) is 0. The first-order chi connectivity index (χ1) is 14.5. The minimum atomic E-state index is -0.375. The Morgan fingerprint density at radius 3 is 1.57 bits per heavy atom. The lowest BCUT2D eigenvalue weighted by atomic mass is 9.84. The highest BCUT2D eigenvalue weighted by molar-refractivity contribution is 6.40. The molecule has 6 aromatic rings. The molecule has 0 fully saturated rings. The van der Waals surface area contributed by atoms with Gasteiger partial charge in [-0.25, -0.2) is 0 Å². The highest BCUT2D eigenvalue weighted by Crippen LogP contribution is 2.44. The first-order valence-electron chi connectivity index (χ1n) is 9.61. The molecule has 0 aliphatic carbocycles. The van der Waals surface area contributed by atoms with E-state index in [4.69, 9.17) is 0 Å². The first-order valence-corrected chi connectivity index (χ1v) is 9.61. The van der Waals surface area contributed by atoms with Crippen molar-refractivity contribution in [2.24, 2.45) is 0 Å². The third-order valence-electron chi connectivity index (χ3n) is 6.45. The summed E-state index contributed by atoms with van der Waals surface area (Å²) in [6.07, 6.45) is 0. The maximum atomic E-state index is 12.6. The number of H-pyrrole nitrogens is 1. The van der Waals surface area contributed by atoms with Crippen molar-refractivity contribution in [1.29, 1.82) is 0 Å². The SMILES string of the molecule is C=c1[nH]c(=O)c2ccc3c4ccc5c6c(ccc(c7ccc1c2c73)c64)C(=O)NC5=O. The Morgan fingerprint density at radius 1 is 0.533 bits per heavy atom. The molecule has 0 saturated heterocycles. The summed E-state index contributed by atoms with van der Waals surface area (Å²) in [6, 6.07) is 15.2. The summed E-state index contributed by atoms with van der Waals surface area (Å²) in [6.45, 7) is 4.02. The number of pyridine rings is 1. The monoisotopic (exact) mass is 388 g/mol. The molecule has 0 atom stereocenters. The molecule has 140 valence electrons. The van der Waals surface area contributed by atoms with E-state index < -0.39 is 0 Å². The van der Waals surface area contributed by atoms with Crippen molar-refractivity contribution in [3.05, 3.63) is 75.4 Å². The molecule has 0 unspecified atom stereocenters. The van der Waals surface area contributed by atoms with Crippen molar-refractivity contribution < 1.29 is 9.59 Å². The van der Waals surface area contributed by atoms with Crippen LogP contribution in [0.2, 0.25) is 0 Å². The van der Waals surface area contributed by atoms with Crippen molar-refractivity contribution in [3.8, 4) is 0 Å². The number of rotatable bonds is 0. The van der Waals surface area contributed by atoms with Crippen molar-refractivity contribution in [1.82, 2.24) is 10.3 Å². The number of benzene rings is 5. The lowest BCUT2D eigenvalue weighted by Gasteiger charge is -2.21. The minimum Gasteiger partial charge on any atom is -0.322 e. The summed E-state index contributed by atoms with van der Waals surface area (Å²) >= 11 is 0. The Morgan fingerprint density at radius 2 is 0.967 bits per heavy atom.